The summed E-state index contributed by atoms with van der Waals surface area (Å²) < 4.78 is 9.84. The maximum atomic E-state index is 8.48. The Morgan fingerprint density at radius 1 is 1.58 bits per heavy atom. The highest BCUT2D eigenvalue weighted by atomic mass is 16.7. The van der Waals surface area contributed by atoms with Crippen LogP contribution in [0.2, 0.25) is 0 Å². The number of hydrogen-bond donors (Lipinski definition) is 1. The molecule has 0 spiro atoms. The van der Waals surface area contributed by atoms with Crippen LogP contribution in [-0.4, -0.2) is 24.2 Å². The lowest BCUT2D eigenvalue weighted by Crippen LogP contribution is -2.05. The van der Waals surface area contributed by atoms with Crippen LogP contribution in [0.4, 0.5) is 0 Å². The molecule has 0 unspecified atom stereocenters. The number of methoxy groups -OCH3 is 2. The predicted octanol–water partition coefficient (Wildman–Crippen LogP) is 0.573. The second-order valence-corrected chi connectivity index (χ2v) is 2.10. The highest BCUT2D eigenvalue weighted by Gasteiger charge is 2.12. The fourth-order valence-electron chi connectivity index (χ4n) is 0.833. The van der Waals surface area contributed by atoms with E-state index in [1.54, 1.807) is 0 Å². The van der Waals surface area contributed by atoms with E-state index in [4.69, 9.17) is 14.7 Å². The van der Waals surface area contributed by atoms with E-state index >= 15 is 0 Å². The first kappa shape index (κ1) is 8.71. The highest BCUT2D eigenvalue weighted by molar-refractivity contribution is 5.17. The first-order chi connectivity index (χ1) is 5.81. The molecule has 0 fully saturated rings. The van der Waals surface area contributed by atoms with Crippen LogP contribution in [0.25, 0.3) is 0 Å². The van der Waals surface area contributed by atoms with Crippen molar-refractivity contribution in [1.29, 1.82) is 5.26 Å². The molecule has 12 heavy (non-hydrogen) atoms. The summed E-state index contributed by atoms with van der Waals surface area (Å²) in [6, 6.07) is 1.92. The van der Waals surface area contributed by atoms with Gasteiger partial charge in [-0.3, -0.25) is 0 Å². The zero-order valence-electron chi connectivity index (χ0n) is 6.87. The molecule has 0 radical (unpaired) electrons. The summed E-state index contributed by atoms with van der Waals surface area (Å²) in [7, 11) is 3.01. The van der Waals surface area contributed by atoms with Crippen molar-refractivity contribution in [2.45, 2.75) is 6.29 Å². The number of nitriles is 1. The van der Waals surface area contributed by atoms with E-state index < -0.39 is 6.29 Å². The number of hydrogen-bond acceptors (Lipinski definition) is 4. The van der Waals surface area contributed by atoms with Gasteiger partial charge < -0.3 is 14.5 Å². The quantitative estimate of drug-likeness (QED) is 0.668. The van der Waals surface area contributed by atoms with Gasteiger partial charge in [0.15, 0.2) is 5.82 Å². The van der Waals surface area contributed by atoms with Crippen LogP contribution >= 0.6 is 0 Å². The monoisotopic (exact) mass is 167 g/mol. The van der Waals surface area contributed by atoms with Gasteiger partial charge >= 0.3 is 0 Å². The molecule has 5 nitrogen and oxygen atoms in total. The zero-order chi connectivity index (χ0) is 8.97. The van der Waals surface area contributed by atoms with Crippen LogP contribution in [0, 0.1) is 11.3 Å². The summed E-state index contributed by atoms with van der Waals surface area (Å²) in [5.74, 6) is 0.497. The maximum absolute atomic E-state index is 8.48. The standard InChI is InChI=1S/C7H9N3O2/c1-11-7(12-2)6-9-4-5(3-8)10-6/h4,7H,1-2H3,(H,9,10). The number of H-pyrrole nitrogens is 1. The van der Waals surface area contributed by atoms with E-state index in [0.717, 1.165) is 0 Å². The van der Waals surface area contributed by atoms with E-state index in [1.807, 2.05) is 6.07 Å². The maximum Gasteiger partial charge on any atom is 0.216 e. The van der Waals surface area contributed by atoms with Crippen LogP contribution in [0.5, 0.6) is 0 Å². The topological polar surface area (TPSA) is 70.9 Å². The Kier molecular flexibility index (Phi) is 2.80. The lowest BCUT2D eigenvalue weighted by Gasteiger charge is -2.08. The molecule has 1 N–H and O–H groups in total. The molecule has 0 amide bonds. The van der Waals surface area contributed by atoms with Crippen molar-refractivity contribution in [3.63, 3.8) is 0 Å². The predicted molar refractivity (Wildman–Crippen MR) is 40.1 cm³/mol. The zero-order valence-corrected chi connectivity index (χ0v) is 6.87. The fraction of sp³-hybridized carbons (Fsp3) is 0.429. The van der Waals surface area contributed by atoms with Crippen LogP contribution in [-0.2, 0) is 9.47 Å². The Labute approximate surface area is 69.9 Å². The van der Waals surface area contributed by atoms with Crippen molar-refractivity contribution in [2.75, 3.05) is 14.2 Å². The Bertz CT molecular complexity index is 285. The molecular weight excluding hydrogens is 158 g/mol. The van der Waals surface area contributed by atoms with Gasteiger partial charge in [-0.1, -0.05) is 0 Å². The molecule has 0 aliphatic rings. The first-order valence-electron chi connectivity index (χ1n) is 3.32. The molecule has 64 valence electrons. The molecule has 0 atom stereocenters. The Morgan fingerprint density at radius 2 is 2.25 bits per heavy atom. The normalized spacial score (nSPS) is 10.2. The average molecular weight is 167 g/mol. The molecule has 1 rings (SSSR count). The molecule has 1 aromatic rings. The molecule has 5 heteroatoms. The molecule has 0 saturated carbocycles. The third kappa shape index (κ3) is 1.61. The lowest BCUT2D eigenvalue weighted by molar-refractivity contribution is -0.111. The van der Waals surface area contributed by atoms with E-state index in [1.165, 1.54) is 20.4 Å². The van der Waals surface area contributed by atoms with E-state index in [-0.39, 0.29) is 0 Å². The Morgan fingerprint density at radius 3 is 2.67 bits per heavy atom. The molecule has 0 aliphatic carbocycles. The van der Waals surface area contributed by atoms with Gasteiger partial charge in [-0.15, -0.1) is 0 Å². The summed E-state index contributed by atoms with van der Waals surface area (Å²) >= 11 is 0. The third-order valence-corrected chi connectivity index (χ3v) is 1.37. The molecule has 0 saturated heterocycles. The second-order valence-electron chi connectivity index (χ2n) is 2.10. The summed E-state index contributed by atoms with van der Waals surface area (Å²) in [6.45, 7) is 0. The van der Waals surface area contributed by atoms with Gasteiger partial charge in [0.25, 0.3) is 0 Å². The highest BCUT2D eigenvalue weighted by Crippen LogP contribution is 2.12. The number of ether oxygens (including phenoxy) is 2. The number of aromatic amines is 1. The molecule has 1 aromatic heterocycles. The van der Waals surface area contributed by atoms with Crippen molar-refractivity contribution in [3.05, 3.63) is 17.7 Å². The Hall–Kier alpha value is -1.38. The van der Waals surface area contributed by atoms with Gasteiger partial charge in [0.05, 0.1) is 6.20 Å². The van der Waals surface area contributed by atoms with Crippen LogP contribution in [0.1, 0.15) is 17.8 Å². The van der Waals surface area contributed by atoms with Crippen molar-refractivity contribution in [3.8, 4) is 6.07 Å². The number of nitrogens with zero attached hydrogens (tertiary/aromatic N) is 2. The third-order valence-electron chi connectivity index (χ3n) is 1.37. The molecule has 0 bridgehead atoms. The van der Waals surface area contributed by atoms with Crippen molar-refractivity contribution in [2.24, 2.45) is 0 Å². The molecule has 0 aliphatic heterocycles. The van der Waals surface area contributed by atoms with Gasteiger partial charge in [0, 0.05) is 14.2 Å². The summed E-state index contributed by atoms with van der Waals surface area (Å²) in [5, 5.41) is 8.48. The SMILES string of the molecule is COC(OC)c1ncc(C#N)[nH]1. The number of aromatic nitrogens is 2. The van der Waals surface area contributed by atoms with E-state index in [9.17, 15) is 0 Å². The van der Waals surface area contributed by atoms with Gasteiger partial charge in [0.2, 0.25) is 6.29 Å². The van der Waals surface area contributed by atoms with Gasteiger partial charge in [-0.25, -0.2) is 4.98 Å². The molecule has 0 aromatic carbocycles. The number of imidazole rings is 1. The molecule has 1 heterocycles. The summed E-state index contributed by atoms with van der Waals surface area (Å²) in [6.07, 6.45) is 0.896. The average Bonchev–Trinajstić information content (AvgIpc) is 2.55. The summed E-state index contributed by atoms with van der Waals surface area (Å²) in [5.41, 5.74) is 0.393. The second kappa shape index (κ2) is 3.85. The van der Waals surface area contributed by atoms with Gasteiger partial charge in [-0.05, 0) is 0 Å². The van der Waals surface area contributed by atoms with Crippen molar-refractivity contribution >= 4 is 0 Å². The van der Waals surface area contributed by atoms with Crippen molar-refractivity contribution in [1.82, 2.24) is 9.97 Å². The lowest BCUT2D eigenvalue weighted by atomic mass is 10.5. The van der Waals surface area contributed by atoms with Crippen molar-refractivity contribution < 1.29 is 9.47 Å². The smallest absolute Gasteiger partial charge is 0.216 e. The number of rotatable bonds is 3. The first-order valence-corrected chi connectivity index (χ1v) is 3.32. The van der Waals surface area contributed by atoms with Gasteiger partial charge in [-0.2, -0.15) is 5.26 Å². The fourth-order valence-corrected chi connectivity index (χ4v) is 0.833. The minimum absolute atomic E-state index is 0.393. The Balaban J connectivity index is 2.81. The van der Waals surface area contributed by atoms with Crippen LogP contribution in [0.15, 0.2) is 6.20 Å². The van der Waals surface area contributed by atoms with Crippen LogP contribution in [0.3, 0.4) is 0 Å². The van der Waals surface area contributed by atoms with Gasteiger partial charge in [0.1, 0.15) is 11.8 Å². The molecular formula is C7H9N3O2. The minimum atomic E-state index is -0.535. The number of nitrogens with one attached hydrogen (secondary N) is 1. The van der Waals surface area contributed by atoms with E-state index in [0.29, 0.717) is 11.5 Å². The largest absolute Gasteiger partial charge is 0.349 e. The van der Waals surface area contributed by atoms with E-state index in [2.05, 4.69) is 9.97 Å². The van der Waals surface area contributed by atoms with Crippen LogP contribution < -0.4 is 0 Å². The minimum Gasteiger partial charge on any atom is -0.349 e. The summed E-state index contributed by atoms with van der Waals surface area (Å²) in [4.78, 5) is 6.64.